The molecule has 1 aromatic rings. The van der Waals surface area contributed by atoms with E-state index < -0.39 is 0 Å². The molecule has 0 fully saturated rings. The third kappa shape index (κ3) is 0.972. The second kappa shape index (κ2) is 1.99. The summed E-state index contributed by atoms with van der Waals surface area (Å²) in [5, 5.41) is 0. The second-order valence-electron chi connectivity index (χ2n) is 2.14. The van der Waals surface area contributed by atoms with Gasteiger partial charge in [0.05, 0.1) is 0 Å². The summed E-state index contributed by atoms with van der Waals surface area (Å²) < 4.78 is 0. The van der Waals surface area contributed by atoms with Gasteiger partial charge in [0.2, 0.25) is 0 Å². The maximum atomic E-state index is 5.19. The van der Waals surface area contributed by atoms with Crippen LogP contribution in [0.15, 0.2) is 6.07 Å². The zero-order chi connectivity index (χ0) is 6.85. The molecule has 0 spiro atoms. The smallest absolute Gasteiger partial charge is 0.0449 e. The van der Waals surface area contributed by atoms with Crippen molar-refractivity contribution in [3.63, 3.8) is 0 Å². The lowest BCUT2D eigenvalue weighted by Crippen LogP contribution is -1.73. The van der Waals surface area contributed by atoms with Crippen LogP contribution in [-0.2, 0) is 0 Å². The fourth-order valence-corrected chi connectivity index (χ4v) is 0.874. The van der Waals surface area contributed by atoms with Crippen molar-refractivity contribution in [1.82, 2.24) is 4.98 Å². The summed E-state index contributed by atoms with van der Waals surface area (Å²) in [5.74, 6) is 2.58. The van der Waals surface area contributed by atoms with Crippen molar-refractivity contribution in [2.24, 2.45) is 0 Å². The van der Waals surface area contributed by atoms with Crippen molar-refractivity contribution in [3.05, 3.63) is 23.0 Å². The quantitative estimate of drug-likeness (QED) is 0.499. The van der Waals surface area contributed by atoms with E-state index in [4.69, 9.17) is 6.42 Å². The molecule has 0 atom stereocenters. The lowest BCUT2D eigenvalue weighted by molar-refractivity contribution is 1.19. The Balaban J connectivity index is 3.20. The van der Waals surface area contributed by atoms with Gasteiger partial charge in [-0.3, -0.25) is 0 Å². The summed E-state index contributed by atoms with van der Waals surface area (Å²) in [6.07, 6.45) is 5.19. The molecule has 1 rings (SSSR count). The molecule has 1 heterocycles. The van der Waals surface area contributed by atoms with Gasteiger partial charge >= 0.3 is 0 Å². The van der Waals surface area contributed by atoms with E-state index in [1.165, 1.54) is 0 Å². The fraction of sp³-hybridized carbons (Fsp3) is 0.250. The summed E-state index contributed by atoms with van der Waals surface area (Å²) in [5.41, 5.74) is 3.17. The van der Waals surface area contributed by atoms with Gasteiger partial charge in [-0.25, -0.2) is 0 Å². The zero-order valence-corrected chi connectivity index (χ0v) is 5.65. The highest BCUT2D eigenvalue weighted by Crippen LogP contribution is 2.06. The first-order valence-corrected chi connectivity index (χ1v) is 2.87. The monoisotopic (exact) mass is 119 g/mol. The van der Waals surface area contributed by atoms with Crippen LogP contribution in [0.25, 0.3) is 0 Å². The molecular formula is C8H9N. The summed E-state index contributed by atoms with van der Waals surface area (Å²) in [6.45, 7) is 3.97. The van der Waals surface area contributed by atoms with Crippen LogP contribution in [0.5, 0.6) is 0 Å². The molecule has 0 aromatic carbocycles. The predicted octanol–water partition coefficient (Wildman–Crippen LogP) is 1.61. The molecule has 0 aliphatic carbocycles. The molecule has 1 N–H and O–H groups in total. The van der Waals surface area contributed by atoms with E-state index in [0.29, 0.717) is 0 Å². The Morgan fingerprint density at radius 1 is 1.56 bits per heavy atom. The number of hydrogen-bond donors (Lipinski definition) is 1. The molecule has 0 bridgehead atoms. The van der Waals surface area contributed by atoms with E-state index in [-0.39, 0.29) is 0 Å². The molecule has 0 unspecified atom stereocenters. The zero-order valence-electron chi connectivity index (χ0n) is 5.65. The molecule has 0 aliphatic heterocycles. The Bertz CT molecular complexity index is 250. The number of aromatic nitrogens is 1. The van der Waals surface area contributed by atoms with Gasteiger partial charge in [-0.2, -0.15) is 0 Å². The summed E-state index contributed by atoms with van der Waals surface area (Å²) >= 11 is 0. The third-order valence-electron chi connectivity index (χ3n) is 1.31. The minimum Gasteiger partial charge on any atom is -0.362 e. The average Bonchev–Trinajstić information content (AvgIpc) is 2.10. The molecule has 1 aromatic heterocycles. The van der Waals surface area contributed by atoms with E-state index in [0.717, 1.165) is 17.0 Å². The van der Waals surface area contributed by atoms with Crippen LogP contribution in [-0.4, -0.2) is 4.98 Å². The number of terminal acetylenes is 1. The first kappa shape index (κ1) is 5.97. The van der Waals surface area contributed by atoms with Gasteiger partial charge in [0, 0.05) is 17.0 Å². The number of nitrogens with one attached hydrogen (secondary N) is 1. The maximum absolute atomic E-state index is 5.19. The van der Waals surface area contributed by atoms with E-state index in [1.54, 1.807) is 0 Å². The van der Waals surface area contributed by atoms with Crippen LogP contribution in [0.2, 0.25) is 0 Å². The van der Waals surface area contributed by atoms with E-state index in [2.05, 4.69) is 10.9 Å². The Hall–Kier alpha value is -1.16. The van der Waals surface area contributed by atoms with Crippen LogP contribution in [0.1, 0.15) is 17.0 Å². The molecule has 0 saturated carbocycles. The topological polar surface area (TPSA) is 15.8 Å². The van der Waals surface area contributed by atoms with E-state index in [9.17, 15) is 0 Å². The van der Waals surface area contributed by atoms with E-state index in [1.807, 2.05) is 19.9 Å². The van der Waals surface area contributed by atoms with Crippen LogP contribution in [0.3, 0.4) is 0 Å². The number of aryl methyl sites for hydroxylation is 2. The van der Waals surface area contributed by atoms with Gasteiger partial charge in [-0.1, -0.05) is 5.92 Å². The average molecular weight is 119 g/mol. The van der Waals surface area contributed by atoms with Crippen molar-refractivity contribution < 1.29 is 0 Å². The van der Waals surface area contributed by atoms with Gasteiger partial charge in [0.1, 0.15) is 0 Å². The number of H-pyrrole nitrogens is 1. The van der Waals surface area contributed by atoms with Crippen LogP contribution >= 0.6 is 0 Å². The predicted molar refractivity (Wildman–Crippen MR) is 38.2 cm³/mol. The molecule has 9 heavy (non-hydrogen) atoms. The van der Waals surface area contributed by atoms with Gasteiger partial charge in [-0.15, -0.1) is 6.42 Å². The minimum absolute atomic E-state index is 0.965. The Morgan fingerprint density at radius 2 is 2.22 bits per heavy atom. The first-order chi connectivity index (χ1) is 4.24. The van der Waals surface area contributed by atoms with Crippen LogP contribution in [0, 0.1) is 26.2 Å². The largest absolute Gasteiger partial charge is 0.362 e. The van der Waals surface area contributed by atoms with Gasteiger partial charge in [-0.05, 0) is 19.9 Å². The van der Waals surface area contributed by atoms with Gasteiger partial charge in [0.15, 0.2) is 0 Å². The molecule has 0 radical (unpaired) electrons. The van der Waals surface area contributed by atoms with Crippen LogP contribution in [0.4, 0.5) is 0 Å². The summed E-state index contributed by atoms with van der Waals surface area (Å²) in [4.78, 5) is 3.12. The van der Waals surface area contributed by atoms with Crippen molar-refractivity contribution >= 4 is 0 Å². The fourth-order valence-electron chi connectivity index (χ4n) is 0.874. The number of rotatable bonds is 0. The standard InChI is InChI=1S/C8H9N/c1-4-8-5-6(2)9-7(8)3/h1,5,9H,2-3H3. The second-order valence-corrected chi connectivity index (χ2v) is 2.14. The van der Waals surface area contributed by atoms with Gasteiger partial charge < -0.3 is 4.98 Å². The molecule has 0 amide bonds. The highest BCUT2D eigenvalue weighted by atomic mass is 14.7. The lowest BCUT2D eigenvalue weighted by Gasteiger charge is -1.81. The molecule has 0 saturated heterocycles. The molecule has 1 heteroatoms. The summed E-state index contributed by atoms with van der Waals surface area (Å²) in [7, 11) is 0. The van der Waals surface area contributed by atoms with E-state index >= 15 is 0 Å². The first-order valence-electron chi connectivity index (χ1n) is 2.87. The molecule has 1 nitrogen and oxygen atoms in total. The van der Waals surface area contributed by atoms with Crippen molar-refractivity contribution in [2.75, 3.05) is 0 Å². The normalized spacial score (nSPS) is 9.00. The minimum atomic E-state index is 0.965. The maximum Gasteiger partial charge on any atom is 0.0449 e. The molecule has 0 aliphatic rings. The van der Waals surface area contributed by atoms with Crippen LogP contribution < -0.4 is 0 Å². The Labute approximate surface area is 55.1 Å². The van der Waals surface area contributed by atoms with Gasteiger partial charge in [0.25, 0.3) is 0 Å². The number of aromatic amines is 1. The summed E-state index contributed by atoms with van der Waals surface area (Å²) in [6, 6.07) is 1.97. The Morgan fingerprint density at radius 3 is 2.44 bits per heavy atom. The highest BCUT2D eigenvalue weighted by Gasteiger charge is 1.95. The van der Waals surface area contributed by atoms with Crippen molar-refractivity contribution in [1.29, 1.82) is 0 Å². The highest BCUT2D eigenvalue weighted by molar-refractivity contribution is 5.37. The number of hydrogen-bond acceptors (Lipinski definition) is 0. The molecule has 46 valence electrons. The molecular weight excluding hydrogens is 110 g/mol. The van der Waals surface area contributed by atoms with Crippen molar-refractivity contribution in [3.8, 4) is 12.3 Å². The van der Waals surface area contributed by atoms with Crippen molar-refractivity contribution in [2.45, 2.75) is 13.8 Å². The third-order valence-corrected chi connectivity index (χ3v) is 1.31. The Kier molecular flexibility index (Phi) is 1.32. The SMILES string of the molecule is C#Cc1cc(C)[nH]c1C. The lowest BCUT2D eigenvalue weighted by atomic mass is 10.3.